The van der Waals surface area contributed by atoms with Crippen LogP contribution in [0.4, 0.5) is 13.9 Å². The summed E-state index contributed by atoms with van der Waals surface area (Å²) in [6, 6.07) is 0.0789. The third-order valence-electron chi connectivity index (χ3n) is 4.29. The molecule has 0 saturated heterocycles. The average molecular weight is 288 g/mol. The van der Waals surface area contributed by atoms with Gasteiger partial charge in [0.1, 0.15) is 0 Å². The highest BCUT2D eigenvalue weighted by Gasteiger charge is 2.56. The molecule has 3 rings (SSSR count). The monoisotopic (exact) mass is 288 g/mol. The van der Waals surface area contributed by atoms with E-state index >= 15 is 0 Å². The maximum atomic E-state index is 13.4. The van der Waals surface area contributed by atoms with E-state index in [1.54, 1.807) is 0 Å². The number of aromatic nitrogens is 1. The molecule has 1 aromatic heterocycles. The number of nitrogens with one attached hydrogen (secondary N) is 1. The van der Waals surface area contributed by atoms with Gasteiger partial charge in [-0.25, -0.2) is 8.78 Å². The van der Waals surface area contributed by atoms with Crippen LogP contribution in [0.5, 0.6) is 5.88 Å². The molecule has 2 aliphatic rings. The van der Waals surface area contributed by atoms with Crippen molar-refractivity contribution >= 4 is 16.5 Å². The molecule has 3 unspecified atom stereocenters. The van der Waals surface area contributed by atoms with E-state index in [1.165, 1.54) is 11.3 Å². The second-order valence-corrected chi connectivity index (χ2v) is 7.04. The van der Waals surface area contributed by atoms with E-state index in [-0.39, 0.29) is 30.2 Å². The first-order valence-electron chi connectivity index (χ1n) is 6.71. The minimum absolute atomic E-state index is 0.0102. The summed E-state index contributed by atoms with van der Waals surface area (Å²) >= 11 is 1.42. The van der Waals surface area contributed by atoms with Gasteiger partial charge in [-0.1, -0.05) is 25.2 Å². The zero-order valence-corrected chi connectivity index (χ0v) is 11.8. The molecule has 2 bridgehead atoms. The fourth-order valence-electron chi connectivity index (χ4n) is 3.31. The largest absolute Gasteiger partial charge is 0.492 e. The Morgan fingerprint density at radius 2 is 2.16 bits per heavy atom. The lowest BCUT2D eigenvalue weighted by atomic mass is 9.92. The van der Waals surface area contributed by atoms with Gasteiger partial charge in [0.05, 0.1) is 4.88 Å². The topological polar surface area (TPSA) is 45.2 Å². The number of thiazole rings is 1. The second kappa shape index (κ2) is 4.30. The Morgan fingerprint density at radius 1 is 1.42 bits per heavy atom. The SMILES string of the molecule is CC(C)c1sc(NC2CC3CC2CC3(F)F)nc1O. The van der Waals surface area contributed by atoms with Crippen LogP contribution in [0, 0.1) is 11.8 Å². The van der Waals surface area contributed by atoms with E-state index in [0.717, 1.165) is 4.88 Å². The molecule has 0 amide bonds. The van der Waals surface area contributed by atoms with Crippen LogP contribution in [0.15, 0.2) is 0 Å². The Morgan fingerprint density at radius 3 is 2.63 bits per heavy atom. The van der Waals surface area contributed by atoms with Crippen molar-refractivity contribution in [3.05, 3.63) is 4.88 Å². The molecule has 0 aromatic carbocycles. The summed E-state index contributed by atoms with van der Waals surface area (Å²) in [6.07, 6.45) is 1.11. The zero-order chi connectivity index (χ0) is 13.8. The number of fused-ring (bicyclic) bond motifs is 2. The van der Waals surface area contributed by atoms with E-state index in [9.17, 15) is 13.9 Å². The van der Waals surface area contributed by atoms with Gasteiger partial charge in [0.25, 0.3) is 5.92 Å². The van der Waals surface area contributed by atoms with E-state index < -0.39 is 11.8 Å². The summed E-state index contributed by atoms with van der Waals surface area (Å²) < 4.78 is 26.9. The lowest BCUT2D eigenvalue weighted by Crippen LogP contribution is -2.34. The van der Waals surface area contributed by atoms with Crippen LogP contribution >= 0.6 is 11.3 Å². The van der Waals surface area contributed by atoms with Crippen molar-refractivity contribution in [1.82, 2.24) is 4.98 Å². The van der Waals surface area contributed by atoms with E-state index in [4.69, 9.17) is 0 Å². The van der Waals surface area contributed by atoms with Gasteiger partial charge in [-0.15, -0.1) is 0 Å². The summed E-state index contributed by atoms with van der Waals surface area (Å²) in [6.45, 7) is 3.99. The molecular weight excluding hydrogens is 270 g/mol. The molecule has 19 heavy (non-hydrogen) atoms. The molecule has 2 fully saturated rings. The van der Waals surface area contributed by atoms with Crippen LogP contribution < -0.4 is 5.32 Å². The molecule has 0 spiro atoms. The summed E-state index contributed by atoms with van der Waals surface area (Å²) in [5.74, 6) is -2.63. The van der Waals surface area contributed by atoms with Crippen LogP contribution in [-0.2, 0) is 0 Å². The van der Waals surface area contributed by atoms with Crippen molar-refractivity contribution in [3.63, 3.8) is 0 Å². The number of aromatic hydroxyl groups is 1. The quantitative estimate of drug-likeness (QED) is 0.888. The van der Waals surface area contributed by atoms with Gasteiger partial charge in [-0.3, -0.25) is 0 Å². The predicted molar refractivity (Wildman–Crippen MR) is 71.1 cm³/mol. The summed E-state index contributed by atoms with van der Waals surface area (Å²) in [4.78, 5) is 4.93. The number of halogens is 2. The molecule has 0 aliphatic heterocycles. The molecule has 6 heteroatoms. The maximum absolute atomic E-state index is 13.4. The number of hydrogen-bond acceptors (Lipinski definition) is 4. The Kier molecular flexibility index (Phi) is 2.96. The molecule has 3 nitrogen and oxygen atoms in total. The number of rotatable bonds is 3. The van der Waals surface area contributed by atoms with Gasteiger partial charge in [0, 0.05) is 18.4 Å². The van der Waals surface area contributed by atoms with E-state index in [1.807, 2.05) is 13.8 Å². The Labute approximate surface area is 115 Å². The molecule has 3 atom stereocenters. The number of hydrogen-bond donors (Lipinski definition) is 2. The van der Waals surface area contributed by atoms with Crippen LogP contribution in [-0.4, -0.2) is 22.1 Å². The van der Waals surface area contributed by atoms with Crippen LogP contribution in [0.2, 0.25) is 0 Å². The molecule has 2 saturated carbocycles. The van der Waals surface area contributed by atoms with Gasteiger partial charge in [-0.05, 0) is 24.7 Å². The highest BCUT2D eigenvalue weighted by Crippen LogP contribution is 2.54. The Hall–Kier alpha value is -0.910. The summed E-state index contributed by atoms with van der Waals surface area (Å²) in [5.41, 5.74) is 0. The van der Waals surface area contributed by atoms with Crippen molar-refractivity contribution < 1.29 is 13.9 Å². The minimum atomic E-state index is -2.48. The third-order valence-corrected chi connectivity index (χ3v) is 5.57. The number of anilines is 1. The van der Waals surface area contributed by atoms with Crippen LogP contribution in [0.1, 0.15) is 43.9 Å². The number of nitrogens with zero attached hydrogens (tertiary/aromatic N) is 1. The fraction of sp³-hybridized carbons (Fsp3) is 0.769. The van der Waals surface area contributed by atoms with E-state index in [2.05, 4.69) is 10.3 Å². The summed E-state index contributed by atoms with van der Waals surface area (Å²) in [7, 11) is 0. The van der Waals surface area contributed by atoms with Gasteiger partial charge < -0.3 is 10.4 Å². The van der Waals surface area contributed by atoms with E-state index in [0.29, 0.717) is 18.0 Å². The van der Waals surface area contributed by atoms with Crippen molar-refractivity contribution in [2.45, 2.75) is 51.0 Å². The van der Waals surface area contributed by atoms with Crippen LogP contribution in [0.3, 0.4) is 0 Å². The standard InChI is InChI=1S/C13H18F2N2OS/c1-6(2)10-11(18)17-12(19-10)16-9-4-8-3-7(9)5-13(8,14)15/h6-9,18H,3-5H2,1-2H3,(H,16,17). The van der Waals surface area contributed by atoms with Gasteiger partial charge in [0.15, 0.2) is 5.13 Å². The lowest BCUT2D eigenvalue weighted by molar-refractivity contribution is -0.0531. The zero-order valence-electron chi connectivity index (χ0n) is 11.0. The smallest absolute Gasteiger partial charge is 0.251 e. The van der Waals surface area contributed by atoms with Crippen molar-refractivity contribution in [2.75, 3.05) is 5.32 Å². The second-order valence-electron chi connectivity index (χ2n) is 6.01. The molecule has 1 heterocycles. The molecular formula is C13H18F2N2OS. The Bertz CT molecular complexity index is 489. The average Bonchev–Trinajstić information content (AvgIpc) is 2.91. The fourth-order valence-corrected chi connectivity index (χ4v) is 4.23. The molecule has 2 N–H and O–H groups in total. The molecule has 2 aliphatic carbocycles. The molecule has 0 radical (unpaired) electrons. The number of alkyl halides is 2. The highest BCUT2D eigenvalue weighted by molar-refractivity contribution is 7.16. The maximum Gasteiger partial charge on any atom is 0.251 e. The first-order chi connectivity index (χ1) is 8.87. The van der Waals surface area contributed by atoms with Gasteiger partial charge in [-0.2, -0.15) is 4.98 Å². The lowest BCUT2D eigenvalue weighted by Gasteiger charge is -2.28. The van der Waals surface area contributed by atoms with Gasteiger partial charge in [0.2, 0.25) is 5.88 Å². The predicted octanol–water partition coefficient (Wildman–Crippen LogP) is 3.82. The van der Waals surface area contributed by atoms with Crippen molar-refractivity contribution in [1.29, 1.82) is 0 Å². The first-order valence-corrected chi connectivity index (χ1v) is 7.52. The molecule has 1 aromatic rings. The summed E-state index contributed by atoms with van der Waals surface area (Å²) in [5, 5.41) is 13.6. The minimum Gasteiger partial charge on any atom is -0.492 e. The first kappa shape index (κ1) is 13.1. The van der Waals surface area contributed by atoms with Crippen molar-refractivity contribution in [3.8, 4) is 5.88 Å². The van der Waals surface area contributed by atoms with Gasteiger partial charge >= 0.3 is 0 Å². The molecule has 106 valence electrons. The van der Waals surface area contributed by atoms with Crippen molar-refractivity contribution in [2.24, 2.45) is 11.8 Å². The Balaban J connectivity index is 1.69. The highest BCUT2D eigenvalue weighted by atomic mass is 32.1. The van der Waals surface area contributed by atoms with Crippen LogP contribution in [0.25, 0.3) is 0 Å². The normalized spacial score (nSPS) is 32.2. The third kappa shape index (κ3) is 2.20.